The molecule has 0 unspecified atom stereocenters. The minimum absolute atomic E-state index is 0.0143. The van der Waals surface area contributed by atoms with E-state index in [9.17, 15) is 19.2 Å². The third-order valence-electron chi connectivity index (χ3n) is 6.00. The zero-order valence-electron chi connectivity index (χ0n) is 23.1. The predicted octanol–water partition coefficient (Wildman–Crippen LogP) is 6.96. The maximum atomic E-state index is 12.2. The zero-order chi connectivity index (χ0) is 26.2. The van der Waals surface area contributed by atoms with Crippen molar-refractivity contribution in [1.82, 2.24) is 0 Å². The number of hydrogen-bond acceptors (Lipinski definition) is 4. The maximum Gasteiger partial charge on any atom is 0.162 e. The minimum atomic E-state index is -0.675. The molecule has 0 N–H and O–H groups in total. The van der Waals surface area contributed by atoms with Gasteiger partial charge in [0.2, 0.25) is 0 Å². The molecule has 0 saturated carbocycles. The molecule has 0 aliphatic heterocycles. The van der Waals surface area contributed by atoms with Crippen molar-refractivity contribution in [3.05, 3.63) is 23.3 Å². The third-order valence-corrected chi connectivity index (χ3v) is 6.00. The average molecular weight is 449 g/mol. The summed E-state index contributed by atoms with van der Waals surface area (Å²) in [6, 6.07) is 0. The number of rotatable bonds is 10. The van der Waals surface area contributed by atoms with Crippen LogP contribution in [0.15, 0.2) is 23.3 Å². The van der Waals surface area contributed by atoms with Gasteiger partial charge in [0.05, 0.1) is 0 Å². The Morgan fingerprint density at radius 3 is 1.31 bits per heavy atom. The van der Waals surface area contributed by atoms with E-state index >= 15 is 0 Å². The molecule has 4 nitrogen and oxygen atoms in total. The molecule has 32 heavy (non-hydrogen) atoms. The van der Waals surface area contributed by atoms with Gasteiger partial charge in [-0.15, -0.1) is 0 Å². The molecule has 0 amide bonds. The van der Waals surface area contributed by atoms with Gasteiger partial charge in [0, 0.05) is 34.5 Å². The highest BCUT2D eigenvalue weighted by Crippen LogP contribution is 2.42. The van der Waals surface area contributed by atoms with E-state index < -0.39 is 16.2 Å². The van der Waals surface area contributed by atoms with Crippen LogP contribution in [0.1, 0.15) is 103 Å². The Kier molecular flexibility index (Phi) is 12.5. The topological polar surface area (TPSA) is 68.3 Å². The summed E-state index contributed by atoms with van der Waals surface area (Å²) < 4.78 is 0. The molecule has 0 aliphatic rings. The van der Waals surface area contributed by atoms with E-state index in [1.165, 1.54) is 0 Å². The van der Waals surface area contributed by atoms with Gasteiger partial charge in [0.15, 0.2) is 11.6 Å². The Labute approximate surface area is 197 Å². The van der Waals surface area contributed by atoms with Crippen LogP contribution >= 0.6 is 0 Å². The molecule has 0 aromatic carbocycles. The molecule has 0 aromatic rings. The number of Topliss-reactive ketones (excluding diaryl/α,β-unsaturated/α-hetero) is 2. The summed E-state index contributed by atoms with van der Waals surface area (Å²) in [5.74, 6) is 0.282. The molecule has 0 aliphatic carbocycles. The Hall–Kier alpha value is -1.84. The number of hydrogen-bond donors (Lipinski definition) is 0. The lowest BCUT2D eigenvalue weighted by molar-refractivity contribution is -0.143. The predicted molar refractivity (Wildman–Crippen MR) is 135 cm³/mol. The van der Waals surface area contributed by atoms with Gasteiger partial charge < -0.3 is 0 Å². The van der Waals surface area contributed by atoms with Crippen molar-refractivity contribution in [2.45, 2.75) is 103 Å². The van der Waals surface area contributed by atoms with Gasteiger partial charge in [0.1, 0.15) is 11.6 Å². The summed E-state index contributed by atoms with van der Waals surface area (Å²) >= 11 is 0. The van der Waals surface area contributed by atoms with Crippen molar-refractivity contribution >= 4 is 23.1 Å². The van der Waals surface area contributed by atoms with Crippen LogP contribution in [0.3, 0.4) is 0 Å². The van der Waals surface area contributed by atoms with Gasteiger partial charge in [-0.1, -0.05) is 80.4 Å². The summed E-state index contributed by atoms with van der Waals surface area (Å²) in [4.78, 5) is 47.8. The second-order valence-corrected chi connectivity index (χ2v) is 11.6. The highest BCUT2D eigenvalue weighted by molar-refractivity contribution is 6.00. The SMILES string of the molecule is CC(C)=CC(=O)C(C)(C)C(C)(C)C(=O)C(C)C.CC(C)=CC(=O)CC(C)(C)C(=O)C(C)C. The number of carbonyl (C=O) groups excluding carboxylic acids is 4. The van der Waals surface area contributed by atoms with Crippen molar-refractivity contribution in [3.8, 4) is 0 Å². The molecule has 0 aromatic heterocycles. The van der Waals surface area contributed by atoms with E-state index in [0.717, 1.165) is 11.1 Å². The second-order valence-electron chi connectivity index (χ2n) is 11.6. The first-order chi connectivity index (χ1) is 14.1. The van der Waals surface area contributed by atoms with Crippen LogP contribution in [0, 0.1) is 28.1 Å². The Balaban J connectivity index is 0. The molecular formula is C28H48O4. The molecule has 0 bridgehead atoms. The molecule has 0 saturated heterocycles. The van der Waals surface area contributed by atoms with E-state index in [2.05, 4.69) is 0 Å². The van der Waals surface area contributed by atoms with Crippen LogP contribution < -0.4 is 0 Å². The summed E-state index contributed by atoms with van der Waals surface area (Å²) in [7, 11) is 0. The summed E-state index contributed by atoms with van der Waals surface area (Å²) in [6.07, 6.45) is 3.54. The van der Waals surface area contributed by atoms with Crippen LogP contribution in [-0.4, -0.2) is 23.1 Å². The van der Waals surface area contributed by atoms with Crippen molar-refractivity contribution in [1.29, 1.82) is 0 Å². The van der Waals surface area contributed by atoms with Gasteiger partial charge >= 0.3 is 0 Å². The number of ketones is 4. The lowest BCUT2D eigenvalue weighted by Crippen LogP contribution is -2.46. The third kappa shape index (κ3) is 9.75. The summed E-state index contributed by atoms with van der Waals surface area (Å²) in [5.41, 5.74) is 0.0798. The molecule has 0 rings (SSSR count). The lowest BCUT2D eigenvalue weighted by Gasteiger charge is -2.39. The van der Waals surface area contributed by atoms with Gasteiger partial charge in [0.25, 0.3) is 0 Å². The number of carbonyl (C=O) groups is 4. The fourth-order valence-corrected chi connectivity index (χ4v) is 3.46. The molecule has 4 heteroatoms. The van der Waals surface area contributed by atoms with Gasteiger partial charge in [-0.05, 0) is 39.8 Å². The average Bonchev–Trinajstić information content (AvgIpc) is 2.58. The molecule has 184 valence electrons. The second kappa shape index (κ2) is 12.4. The van der Waals surface area contributed by atoms with Crippen molar-refractivity contribution < 1.29 is 19.2 Å². The van der Waals surface area contributed by atoms with Crippen LogP contribution in [0.4, 0.5) is 0 Å². The van der Waals surface area contributed by atoms with Crippen molar-refractivity contribution in [2.75, 3.05) is 0 Å². The Morgan fingerprint density at radius 2 is 1.00 bits per heavy atom. The first-order valence-electron chi connectivity index (χ1n) is 11.6. The van der Waals surface area contributed by atoms with Crippen LogP contribution in [0.25, 0.3) is 0 Å². The monoisotopic (exact) mass is 448 g/mol. The molecule has 0 fully saturated rings. The molecule has 0 spiro atoms. The highest BCUT2D eigenvalue weighted by atomic mass is 16.1. The smallest absolute Gasteiger partial charge is 0.162 e. The first kappa shape index (κ1) is 32.3. The van der Waals surface area contributed by atoms with Gasteiger partial charge in [-0.2, -0.15) is 0 Å². The first-order valence-corrected chi connectivity index (χ1v) is 11.6. The number of allylic oxidation sites excluding steroid dienone is 4. The quantitative estimate of drug-likeness (QED) is 0.339. The van der Waals surface area contributed by atoms with E-state index in [4.69, 9.17) is 0 Å². The van der Waals surface area contributed by atoms with Gasteiger partial charge in [-0.3, -0.25) is 19.2 Å². The van der Waals surface area contributed by atoms with E-state index in [1.807, 2.05) is 96.9 Å². The van der Waals surface area contributed by atoms with Crippen LogP contribution in [0.5, 0.6) is 0 Å². The molecule has 0 atom stereocenters. The Morgan fingerprint density at radius 1 is 0.625 bits per heavy atom. The van der Waals surface area contributed by atoms with E-state index in [1.54, 1.807) is 12.2 Å². The maximum absolute atomic E-state index is 12.2. The van der Waals surface area contributed by atoms with Crippen molar-refractivity contribution in [2.24, 2.45) is 28.1 Å². The van der Waals surface area contributed by atoms with E-state index in [-0.39, 0.29) is 35.0 Å². The van der Waals surface area contributed by atoms with Crippen LogP contribution in [-0.2, 0) is 19.2 Å². The summed E-state index contributed by atoms with van der Waals surface area (Å²) in [6.45, 7) is 26.2. The standard InChI is InChI=1S/C15H26O2.C13H22O2/c1-10(2)9-12(16)14(5,6)15(7,8)13(17)11(3)4;1-9(2)7-11(14)8-13(5,6)12(15)10(3)4/h9,11H,1-8H3;7,10H,8H2,1-6H3. The van der Waals surface area contributed by atoms with E-state index in [0.29, 0.717) is 6.42 Å². The largest absolute Gasteiger partial charge is 0.299 e. The Bertz CT molecular complexity index is 748. The minimum Gasteiger partial charge on any atom is -0.299 e. The van der Waals surface area contributed by atoms with Crippen molar-refractivity contribution in [3.63, 3.8) is 0 Å². The fraction of sp³-hybridized carbons (Fsp3) is 0.714. The molecule has 0 heterocycles. The van der Waals surface area contributed by atoms with Crippen LogP contribution in [0.2, 0.25) is 0 Å². The zero-order valence-corrected chi connectivity index (χ0v) is 23.1. The highest BCUT2D eigenvalue weighted by Gasteiger charge is 2.47. The summed E-state index contributed by atoms with van der Waals surface area (Å²) in [5, 5.41) is 0. The molecule has 0 radical (unpaired) electrons. The fourth-order valence-electron chi connectivity index (χ4n) is 3.46. The normalized spacial score (nSPS) is 12.0. The lowest BCUT2D eigenvalue weighted by atomic mass is 9.61. The van der Waals surface area contributed by atoms with Gasteiger partial charge in [-0.25, -0.2) is 0 Å². The molecular weight excluding hydrogens is 400 g/mol.